The Morgan fingerprint density at radius 3 is 1.20 bits per heavy atom. The quantitative estimate of drug-likeness (QED) is 0.191. The van der Waals surface area contributed by atoms with Crippen molar-refractivity contribution in [2.75, 3.05) is 0 Å². The molecular formula is C41H22O4. The highest BCUT2D eigenvalue weighted by Crippen LogP contribution is 2.59. The molecule has 0 unspecified atom stereocenters. The van der Waals surface area contributed by atoms with Crippen molar-refractivity contribution in [3.8, 4) is 81.8 Å². The molecule has 0 radical (unpaired) electrons. The van der Waals surface area contributed by atoms with Crippen LogP contribution in [0, 0.1) is 24.7 Å². The molecule has 6 aromatic carbocycles. The minimum absolute atomic E-state index is 0.596. The summed E-state index contributed by atoms with van der Waals surface area (Å²) in [4.78, 5) is 0. The van der Waals surface area contributed by atoms with Crippen LogP contribution in [0.15, 0.2) is 121 Å². The smallest absolute Gasteiger partial charge is 0.171 e. The van der Waals surface area contributed by atoms with Gasteiger partial charge in [-0.25, -0.2) is 0 Å². The highest BCUT2D eigenvalue weighted by molar-refractivity contribution is 5.86. The fourth-order valence-corrected chi connectivity index (χ4v) is 6.83. The van der Waals surface area contributed by atoms with Crippen LogP contribution in [0.25, 0.3) is 11.1 Å². The van der Waals surface area contributed by atoms with Gasteiger partial charge in [-0.05, 0) is 81.9 Å². The lowest BCUT2D eigenvalue weighted by atomic mass is 9.67. The van der Waals surface area contributed by atoms with Crippen LogP contribution in [0.4, 0.5) is 0 Å². The van der Waals surface area contributed by atoms with Gasteiger partial charge in [0.15, 0.2) is 46.0 Å². The molecule has 6 aromatic rings. The van der Waals surface area contributed by atoms with Crippen LogP contribution in [0.5, 0.6) is 46.0 Å². The van der Waals surface area contributed by atoms with Crippen molar-refractivity contribution in [2.24, 2.45) is 0 Å². The van der Waals surface area contributed by atoms with Crippen molar-refractivity contribution in [2.45, 2.75) is 5.41 Å². The van der Waals surface area contributed by atoms with Crippen LogP contribution in [0.2, 0.25) is 0 Å². The van der Waals surface area contributed by atoms with Gasteiger partial charge in [0.05, 0.1) is 5.41 Å². The number of fused-ring (bicyclic) bond motifs is 7. The lowest BCUT2D eigenvalue weighted by Gasteiger charge is -2.35. The predicted octanol–water partition coefficient (Wildman–Crippen LogP) is 9.81. The topological polar surface area (TPSA) is 36.9 Å². The van der Waals surface area contributed by atoms with Crippen LogP contribution in [-0.2, 0) is 5.41 Å². The Balaban J connectivity index is 1.25. The van der Waals surface area contributed by atoms with E-state index in [0.29, 0.717) is 46.0 Å². The zero-order valence-corrected chi connectivity index (χ0v) is 23.8. The first-order chi connectivity index (χ1) is 22.1. The molecule has 2 aliphatic heterocycles. The van der Waals surface area contributed by atoms with Gasteiger partial charge >= 0.3 is 0 Å². The summed E-state index contributed by atoms with van der Waals surface area (Å²) in [7, 11) is 0. The lowest BCUT2D eigenvalue weighted by molar-refractivity contribution is 0.357. The third-order valence-corrected chi connectivity index (χ3v) is 8.81. The fraction of sp³-hybridized carbons (Fsp3) is 0.0244. The van der Waals surface area contributed by atoms with Crippen LogP contribution in [0.3, 0.4) is 0 Å². The van der Waals surface area contributed by atoms with Crippen molar-refractivity contribution in [1.82, 2.24) is 0 Å². The highest BCUT2D eigenvalue weighted by atomic mass is 16.6. The molecule has 0 amide bonds. The van der Waals surface area contributed by atoms with Gasteiger partial charge < -0.3 is 18.9 Å². The maximum absolute atomic E-state index is 6.43. The Hall–Kier alpha value is -6.36. The largest absolute Gasteiger partial charge is 0.450 e. The van der Waals surface area contributed by atoms with E-state index in [1.54, 1.807) is 0 Å². The lowest BCUT2D eigenvalue weighted by Crippen LogP contribution is -2.28. The van der Waals surface area contributed by atoms with E-state index in [1.807, 2.05) is 48.5 Å². The van der Waals surface area contributed by atoms with E-state index in [0.717, 1.165) is 33.4 Å². The molecule has 0 spiro atoms. The number of ether oxygens (including phenoxy) is 4. The molecule has 4 heteroatoms. The summed E-state index contributed by atoms with van der Waals surface area (Å²) in [6, 6.07) is 40.5. The van der Waals surface area contributed by atoms with E-state index in [9.17, 15) is 0 Å². The number of hydrogen-bond acceptors (Lipinski definition) is 4. The average Bonchev–Trinajstić information content (AvgIpc) is 3.40. The van der Waals surface area contributed by atoms with Gasteiger partial charge in [-0.3, -0.25) is 0 Å². The first-order valence-electron chi connectivity index (χ1n) is 14.6. The Morgan fingerprint density at radius 2 is 0.778 bits per heavy atom. The van der Waals surface area contributed by atoms with E-state index in [1.165, 1.54) is 11.1 Å². The molecule has 0 bridgehead atoms. The second-order valence-corrected chi connectivity index (χ2v) is 11.2. The molecule has 1 aliphatic carbocycles. The van der Waals surface area contributed by atoms with E-state index in [-0.39, 0.29) is 0 Å². The number of terminal acetylenes is 2. The van der Waals surface area contributed by atoms with Gasteiger partial charge in [-0.2, -0.15) is 0 Å². The molecule has 9 rings (SSSR count). The van der Waals surface area contributed by atoms with Gasteiger partial charge in [-0.15, -0.1) is 12.8 Å². The van der Waals surface area contributed by atoms with Crippen LogP contribution in [-0.4, -0.2) is 0 Å². The van der Waals surface area contributed by atoms with E-state index >= 15 is 0 Å². The van der Waals surface area contributed by atoms with Gasteiger partial charge in [0.2, 0.25) is 0 Å². The van der Waals surface area contributed by atoms with Crippen LogP contribution < -0.4 is 18.9 Å². The Bertz CT molecular complexity index is 2150. The molecule has 0 saturated carbocycles. The van der Waals surface area contributed by atoms with Crippen molar-refractivity contribution in [3.05, 3.63) is 155 Å². The third kappa shape index (κ3) is 3.58. The Kier molecular flexibility index (Phi) is 5.21. The number of benzene rings is 6. The SMILES string of the molecule is C#Cc1ccc2c(c1)Oc1ccc(C3(c4ccc5c(c4)Oc4ccc(C#C)cc4O5)c4ccccc4-c4ccccc43)cc1O2. The highest BCUT2D eigenvalue weighted by Gasteiger charge is 2.47. The second-order valence-electron chi connectivity index (χ2n) is 11.2. The number of hydrogen-bond donors (Lipinski definition) is 0. The first-order valence-corrected chi connectivity index (χ1v) is 14.6. The Morgan fingerprint density at radius 1 is 0.400 bits per heavy atom. The monoisotopic (exact) mass is 578 g/mol. The van der Waals surface area contributed by atoms with Crippen molar-refractivity contribution in [1.29, 1.82) is 0 Å². The molecule has 3 aliphatic rings. The van der Waals surface area contributed by atoms with Crippen LogP contribution >= 0.6 is 0 Å². The van der Waals surface area contributed by atoms with E-state index < -0.39 is 5.41 Å². The van der Waals surface area contributed by atoms with Gasteiger partial charge in [-0.1, -0.05) is 72.5 Å². The maximum atomic E-state index is 6.43. The zero-order valence-electron chi connectivity index (χ0n) is 23.8. The summed E-state index contributed by atoms with van der Waals surface area (Å²) in [6.07, 6.45) is 11.2. The molecule has 0 saturated heterocycles. The molecule has 210 valence electrons. The van der Waals surface area contributed by atoms with Gasteiger partial charge in [0.1, 0.15) is 0 Å². The molecular weight excluding hydrogens is 556 g/mol. The average molecular weight is 579 g/mol. The van der Waals surface area contributed by atoms with Crippen molar-refractivity contribution >= 4 is 0 Å². The summed E-state index contributed by atoms with van der Waals surface area (Å²) in [5.74, 6) is 10.3. The van der Waals surface area contributed by atoms with Crippen molar-refractivity contribution < 1.29 is 18.9 Å². The normalized spacial score (nSPS) is 13.7. The minimum atomic E-state index is -0.689. The summed E-state index contributed by atoms with van der Waals surface area (Å²) in [6.45, 7) is 0. The number of rotatable bonds is 2. The molecule has 0 fully saturated rings. The van der Waals surface area contributed by atoms with Crippen molar-refractivity contribution in [3.63, 3.8) is 0 Å². The predicted molar refractivity (Wildman–Crippen MR) is 173 cm³/mol. The standard InChI is InChI=1S/C41H22O4/c1-3-25-13-17-33-37(21-25)42-35-19-15-27(23-39(35)44-33)41(31-11-7-5-9-29(31)30-10-6-8-12-32(30)41)28-16-20-36-40(24-28)45-34-18-14-26(4-2)22-38(34)43-36/h1-2,5-24H. The molecule has 4 nitrogen and oxygen atoms in total. The van der Waals surface area contributed by atoms with Crippen LogP contribution in [0.1, 0.15) is 33.4 Å². The van der Waals surface area contributed by atoms with Gasteiger partial charge in [0.25, 0.3) is 0 Å². The molecule has 2 heterocycles. The van der Waals surface area contributed by atoms with Gasteiger partial charge in [0, 0.05) is 23.3 Å². The first kappa shape index (κ1) is 25.2. The maximum Gasteiger partial charge on any atom is 0.171 e. The zero-order chi connectivity index (χ0) is 30.1. The molecule has 45 heavy (non-hydrogen) atoms. The Labute approximate surface area is 260 Å². The fourth-order valence-electron chi connectivity index (χ4n) is 6.83. The minimum Gasteiger partial charge on any atom is -0.450 e. The second kappa shape index (κ2) is 9.32. The molecule has 0 aromatic heterocycles. The van der Waals surface area contributed by atoms with E-state index in [4.69, 9.17) is 31.8 Å². The summed E-state index contributed by atoms with van der Waals surface area (Å²) in [5.41, 5.74) is 7.51. The summed E-state index contributed by atoms with van der Waals surface area (Å²) in [5, 5.41) is 0. The summed E-state index contributed by atoms with van der Waals surface area (Å²) < 4.78 is 25.4. The van der Waals surface area contributed by atoms with E-state index in [2.05, 4.69) is 84.6 Å². The summed E-state index contributed by atoms with van der Waals surface area (Å²) >= 11 is 0. The molecule has 0 atom stereocenters. The molecule has 0 N–H and O–H groups in total. The third-order valence-electron chi connectivity index (χ3n) is 8.81.